The Morgan fingerprint density at radius 2 is 1.93 bits per heavy atom. The molecule has 0 radical (unpaired) electrons. The van der Waals surface area contributed by atoms with Crippen LogP contribution in [0.4, 0.5) is 0 Å². The van der Waals surface area contributed by atoms with E-state index in [4.69, 9.17) is 9.26 Å². The number of rotatable bonds is 7. The highest BCUT2D eigenvalue weighted by Crippen LogP contribution is 2.34. The molecule has 6 heteroatoms. The predicted octanol–water partition coefficient (Wildman–Crippen LogP) is 4.03. The summed E-state index contributed by atoms with van der Waals surface area (Å²) < 4.78 is 11.0. The molecule has 1 saturated heterocycles. The number of hydrogen-bond donors (Lipinski definition) is 0. The van der Waals surface area contributed by atoms with Crippen LogP contribution in [0.5, 0.6) is 0 Å². The van der Waals surface area contributed by atoms with Crippen molar-refractivity contribution in [3.8, 4) is 0 Å². The van der Waals surface area contributed by atoms with Crippen molar-refractivity contribution in [3.63, 3.8) is 0 Å². The Hall–Kier alpha value is -2.21. The number of benzene rings is 1. The molecular formula is C21H27N3O3. The van der Waals surface area contributed by atoms with Gasteiger partial charge in [-0.2, -0.15) is 4.98 Å². The number of carbonyl (C=O) groups is 1. The lowest BCUT2D eigenvalue weighted by Gasteiger charge is -2.23. The van der Waals surface area contributed by atoms with E-state index in [2.05, 4.69) is 10.1 Å². The van der Waals surface area contributed by atoms with E-state index in [9.17, 15) is 4.79 Å². The van der Waals surface area contributed by atoms with Crippen LogP contribution in [-0.4, -0.2) is 27.5 Å². The smallest absolute Gasteiger partial charge is 0.252 e. The van der Waals surface area contributed by atoms with E-state index >= 15 is 0 Å². The quantitative estimate of drug-likeness (QED) is 0.737. The predicted molar refractivity (Wildman–Crippen MR) is 99.5 cm³/mol. The van der Waals surface area contributed by atoms with Gasteiger partial charge in [0.15, 0.2) is 5.82 Å². The van der Waals surface area contributed by atoms with Crippen molar-refractivity contribution in [3.05, 3.63) is 47.6 Å². The molecule has 144 valence electrons. The Balaban J connectivity index is 1.31. The summed E-state index contributed by atoms with van der Waals surface area (Å²) in [6.45, 7) is 1.59. The van der Waals surface area contributed by atoms with E-state index < -0.39 is 0 Å². The average Bonchev–Trinajstić information content (AvgIpc) is 3.44. The molecule has 27 heavy (non-hydrogen) atoms. The highest BCUT2D eigenvalue weighted by molar-refractivity contribution is 5.77. The number of likely N-dealkylation sites (tertiary alicyclic amines) is 1. The molecule has 1 aromatic carbocycles. The van der Waals surface area contributed by atoms with Gasteiger partial charge in [0.25, 0.3) is 5.89 Å². The molecule has 6 nitrogen and oxygen atoms in total. The van der Waals surface area contributed by atoms with Crippen molar-refractivity contribution in [2.45, 2.75) is 64.2 Å². The Labute approximate surface area is 159 Å². The topological polar surface area (TPSA) is 68.5 Å². The van der Waals surface area contributed by atoms with Gasteiger partial charge in [0.1, 0.15) is 6.61 Å². The van der Waals surface area contributed by atoms with Crippen molar-refractivity contribution in [2.24, 2.45) is 5.92 Å². The van der Waals surface area contributed by atoms with Gasteiger partial charge in [-0.15, -0.1) is 0 Å². The lowest BCUT2D eigenvalue weighted by molar-refractivity contribution is -0.133. The number of ether oxygens (including phenoxy) is 1. The van der Waals surface area contributed by atoms with Crippen LogP contribution >= 0.6 is 0 Å². The molecule has 2 aliphatic rings. The summed E-state index contributed by atoms with van der Waals surface area (Å²) in [4.78, 5) is 19.2. The number of hydrogen-bond acceptors (Lipinski definition) is 5. The first-order valence-corrected chi connectivity index (χ1v) is 10.0. The fraction of sp³-hybridized carbons (Fsp3) is 0.571. The Bertz CT molecular complexity index is 740. The zero-order chi connectivity index (χ0) is 18.5. The Morgan fingerprint density at radius 1 is 1.11 bits per heavy atom. The molecule has 0 bridgehead atoms. The van der Waals surface area contributed by atoms with Crippen molar-refractivity contribution in [2.75, 3.05) is 6.54 Å². The maximum absolute atomic E-state index is 12.7. The third kappa shape index (κ3) is 4.56. The molecule has 0 N–H and O–H groups in total. The van der Waals surface area contributed by atoms with Crippen LogP contribution in [0.25, 0.3) is 0 Å². The van der Waals surface area contributed by atoms with Gasteiger partial charge in [0.05, 0.1) is 12.6 Å². The minimum absolute atomic E-state index is 0.0504. The molecule has 2 aromatic rings. The molecule has 1 unspecified atom stereocenters. The summed E-state index contributed by atoms with van der Waals surface area (Å²) >= 11 is 0. The zero-order valence-electron chi connectivity index (χ0n) is 15.7. The minimum atomic E-state index is -0.0504. The molecule has 0 spiro atoms. The second-order valence-corrected chi connectivity index (χ2v) is 7.62. The van der Waals surface area contributed by atoms with E-state index in [-0.39, 0.29) is 18.6 Å². The van der Waals surface area contributed by atoms with Crippen LogP contribution in [0.15, 0.2) is 34.9 Å². The Morgan fingerprint density at radius 3 is 2.74 bits per heavy atom. The van der Waals surface area contributed by atoms with Crippen molar-refractivity contribution in [1.29, 1.82) is 0 Å². The molecular weight excluding hydrogens is 342 g/mol. The van der Waals surface area contributed by atoms with Gasteiger partial charge in [-0.25, -0.2) is 0 Å². The first kappa shape index (κ1) is 18.2. The minimum Gasteiger partial charge on any atom is -0.367 e. The van der Waals surface area contributed by atoms with Gasteiger partial charge < -0.3 is 14.2 Å². The first-order chi connectivity index (χ1) is 13.3. The summed E-state index contributed by atoms with van der Waals surface area (Å²) in [5.74, 6) is 1.89. The summed E-state index contributed by atoms with van der Waals surface area (Å²) in [6.07, 6.45) is 7.47. The average molecular weight is 369 g/mol. The van der Waals surface area contributed by atoms with E-state index in [1.54, 1.807) is 0 Å². The van der Waals surface area contributed by atoms with Gasteiger partial charge in [-0.1, -0.05) is 48.3 Å². The fourth-order valence-corrected chi connectivity index (χ4v) is 4.20. The summed E-state index contributed by atoms with van der Waals surface area (Å²) in [7, 11) is 0. The van der Waals surface area contributed by atoms with Gasteiger partial charge >= 0.3 is 0 Å². The van der Waals surface area contributed by atoms with Crippen LogP contribution in [-0.2, 0) is 22.7 Å². The standard InChI is InChI=1S/C21H27N3O3/c25-20(13-16-7-4-5-8-16)24-12-6-11-18(24)21-22-19(27-23-21)15-26-14-17-9-2-1-3-10-17/h1-3,9-10,16,18H,4-8,11-15H2. The Kier molecular flexibility index (Phi) is 5.82. The second kappa shape index (κ2) is 8.65. The molecule has 1 aromatic heterocycles. The molecule has 4 rings (SSSR count). The molecule has 1 aliphatic heterocycles. The summed E-state index contributed by atoms with van der Waals surface area (Å²) in [6, 6.07) is 9.94. The number of carbonyl (C=O) groups excluding carboxylic acids is 1. The van der Waals surface area contributed by atoms with Crippen molar-refractivity contribution in [1.82, 2.24) is 15.0 Å². The van der Waals surface area contributed by atoms with Crippen molar-refractivity contribution >= 4 is 5.91 Å². The number of amides is 1. The fourth-order valence-electron chi connectivity index (χ4n) is 4.20. The molecule has 1 aliphatic carbocycles. The lowest BCUT2D eigenvalue weighted by atomic mass is 10.0. The summed E-state index contributed by atoms with van der Waals surface area (Å²) in [5.41, 5.74) is 1.11. The third-order valence-electron chi connectivity index (χ3n) is 5.63. The molecule has 1 amide bonds. The molecule has 1 saturated carbocycles. The van der Waals surface area contributed by atoms with Crippen LogP contribution < -0.4 is 0 Å². The van der Waals surface area contributed by atoms with Gasteiger partial charge in [0, 0.05) is 13.0 Å². The number of nitrogens with zero attached hydrogens (tertiary/aromatic N) is 3. The van der Waals surface area contributed by atoms with E-state index in [1.165, 1.54) is 25.7 Å². The first-order valence-electron chi connectivity index (χ1n) is 10.0. The highest BCUT2D eigenvalue weighted by atomic mass is 16.5. The summed E-state index contributed by atoms with van der Waals surface area (Å²) in [5, 5.41) is 4.13. The SMILES string of the molecule is O=C(CC1CCCC1)N1CCCC1c1noc(COCc2ccccc2)n1. The van der Waals surface area contributed by atoms with Crippen LogP contribution in [0.2, 0.25) is 0 Å². The second-order valence-electron chi connectivity index (χ2n) is 7.62. The van der Waals surface area contributed by atoms with Gasteiger partial charge in [-0.05, 0) is 37.2 Å². The molecule has 2 fully saturated rings. The molecule has 1 atom stereocenters. The van der Waals surface area contributed by atoms with Crippen LogP contribution in [0.3, 0.4) is 0 Å². The normalized spacial score (nSPS) is 20.4. The van der Waals surface area contributed by atoms with E-state index in [0.29, 0.717) is 30.7 Å². The maximum atomic E-state index is 12.7. The zero-order valence-corrected chi connectivity index (χ0v) is 15.7. The lowest BCUT2D eigenvalue weighted by Crippen LogP contribution is -2.32. The van der Waals surface area contributed by atoms with Crippen LogP contribution in [0.1, 0.15) is 68.3 Å². The van der Waals surface area contributed by atoms with Crippen molar-refractivity contribution < 1.29 is 14.1 Å². The largest absolute Gasteiger partial charge is 0.367 e. The van der Waals surface area contributed by atoms with E-state index in [1.807, 2.05) is 35.2 Å². The van der Waals surface area contributed by atoms with Crippen LogP contribution in [0, 0.1) is 5.92 Å². The highest BCUT2D eigenvalue weighted by Gasteiger charge is 2.34. The third-order valence-corrected chi connectivity index (χ3v) is 5.63. The number of aromatic nitrogens is 2. The van der Waals surface area contributed by atoms with Gasteiger partial charge in [0.2, 0.25) is 5.91 Å². The maximum Gasteiger partial charge on any atom is 0.252 e. The molecule has 2 heterocycles. The van der Waals surface area contributed by atoms with E-state index in [0.717, 1.165) is 24.9 Å². The van der Waals surface area contributed by atoms with Gasteiger partial charge in [-0.3, -0.25) is 4.79 Å². The monoisotopic (exact) mass is 369 g/mol.